The molecular formula is C20H25N3O4. The number of aryl methyl sites for hydroxylation is 1. The van der Waals surface area contributed by atoms with Crippen LogP contribution in [-0.4, -0.2) is 51.9 Å². The molecule has 1 aliphatic heterocycles. The molecule has 1 N–H and O–H groups in total. The van der Waals surface area contributed by atoms with E-state index in [1.54, 1.807) is 29.0 Å². The molecule has 1 aliphatic rings. The molecule has 27 heavy (non-hydrogen) atoms. The second kappa shape index (κ2) is 7.06. The molecular weight excluding hydrogens is 346 g/mol. The number of carboxylic acid groups (broad SMARTS) is 1. The molecule has 0 saturated carbocycles. The third kappa shape index (κ3) is 3.29. The lowest BCUT2D eigenvalue weighted by Crippen LogP contribution is -2.40. The van der Waals surface area contributed by atoms with Gasteiger partial charge < -0.3 is 14.7 Å². The van der Waals surface area contributed by atoms with E-state index in [2.05, 4.69) is 5.10 Å². The van der Waals surface area contributed by atoms with Crippen molar-refractivity contribution >= 4 is 11.9 Å². The number of likely N-dealkylation sites (tertiary alicyclic amines) is 1. The summed E-state index contributed by atoms with van der Waals surface area (Å²) in [6.07, 6.45) is 2.17. The van der Waals surface area contributed by atoms with E-state index in [0.29, 0.717) is 24.4 Å². The van der Waals surface area contributed by atoms with Gasteiger partial charge in [0.15, 0.2) is 5.69 Å². The van der Waals surface area contributed by atoms with Gasteiger partial charge in [0.2, 0.25) is 0 Å². The second-order valence-corrected chi connectivity index (χ2v) is 7.41. The van der Waals surface area contributed by atoms with Crippen molar-refractivity contribution in [2.75, 3.05) is 20.2 Å². The Kier molecular flexibility index (Phi) is 4.95. The van der Waals surface area contributed by atoms with Crippen LogP contribution in [0.5, 0.6) is 5.75 Å². The van der Waals surface area contributed by atoms with Gasteiger partial charge >= 0.3 is 5.97 Å². The second-order valence-electron chi connectivity index (χ2n) is 7.41. The van der Waals surface area contributed by atoms with Gasteiger partial charge in [0, 0.05) is 19.3 Å². The standard InChI is InChI=1S/C20H25N3O4/c1-13(2)20(19(25)26)8-10-22(12-20)18(24)15-7-9-23(21-15)16-11-14(3)5-6-17(16)27-4/h5-7,9,11,13H,8,10,12H2,1-4H3,(H,25,26). The maximum Gasteiger partial charge on any atom is 0.311 e. The maximum absolute atomic E-state index is 12.9. The number of amides is 1. The van der Waals surface area contributed by atoms with Gasteiger partial charge in [-0.2, -0.15) is 5.10 Å². The van der Waals surface area contributed by atoms with Crippen LogP contribution in [0.3, 0.4) is 0 Å². The van der Waals surface area contributed by atoms with Gasteiger partial charge in [-0.3, -0.25) is 9.59 Å². The van der Waals surface area contributed by atoms with Crippen LogP contribution in [0.25, 0.3) is 5.69 Å². The number of nitrogens with zero attached hydrogens (tertiary/aromatic N) is 3. The highest BCUT2D eigenvalue weighted by Crippen LogP contribution is 2.38. The third-order valence-electron chi connectivity index (χ3n) is 5.51. The van der Waals surface area contributed by atoms with E-state index >= 15 is 0 Å². The SMILES string of the molecule is COc1ccc(C)cc1-n1ccc(C(=O)N2CCC(C(=O)O)(C(C)C)C2)n1. The van der Waals surface area contributed by atoms with Crippen LogP contribution in [-0.2, 0) is 4.79 Å². The minimum atomic E-state index is -0.891. The first-order valence-electron chi connectivity index (χ1n) is 9.02. The van der Waals surface area contributed by atoms with Gasteiger partial charge in [-0.05, 0) is 43.0 Å². The van der Waals surface area contributed by atoms with Crippen molar-refractivity contribution in [3.8, 4) is 11.4 Å². The summed E-state index contributed by atoms with van der Waals surface area (Å²) < 4.78 is 7.00. The number of carbonyl (C=O) groups is 2. The van der Waals surface area contributed by atoms with Crippen molar-refractivity contribution < 1.29 is 19.4 Å². The molecule has 1 amide bonds. The van der Waals surface area contributed by atoms with Crippen LogP contribution in [0.15, 0.2) is 30.5 Å². The molecule has 1 atom stereocenters. The zero-order valence-electron chi connectivity index (χ0n) is 16.1. The molecule has 1 fully saturated rings. The van der Waals surface area contributed by atoms with Crippen LogP contribution in [0.4, 0.5) is 0 Å². The normalized spacial score (nSPS) is 19.5. The monoisotopic (exact) mass is 371 g/mol. The number of benzene rings is 1. The summed E-state index contributed by atoms with van der Waals surface area (Å²) in [6, 6.07) is 7.39. The molecule has 1 unspecified atom stereocenters. The molecule has 0 spiro atoms. The minimum Gasteiger partial charge on any atom is -0.494 e. The summed E-state index contributed by atoms with van der Waals surface area (Å²) in [5.41, 5.74) is 1.21. The van der Waals surface area contributed by atoms with Crippen molar-refractivity contribution in [1.29, 1.82) is 0 Å². The molecule has 1 aromatic heterocycles. The first-order chi connectivity index (χ1) is 12.8. The van der Waals surface area contributed by atoms with Crippen molar-refractivity contribution in [2.45, 2.75) is 27.2 Å². The minimum absolute atomic E-state index is 0.0538. The van der Waals surface area contributed by atoms with Gasteiger partial charge in [0.05, 0.1) is 12.5 Å². The number of hydrogen-bond donors (Lipinski definition) is 1. The highest BCUT2D eigenvalue weighted by Gasteiger charge is 2.48. The number of hydrogen-bond acceptors (Lipinski definition) is 4. The highest BCUT2D eigenvalue weighted by atomic mass is 16.5. The van der Waals surface area contributed by atoms with E-state index in [0.717, 1.165) is 11.3 Å². The molecule has 0 aliphatic carbocycles. The lowest BCUT2D eigenvalue weighted by molar-refractivity contribution is -0.150. The van der Waals surface area contributed by atoms with Gasteiger partial charge in [-0.15, -0.1) is 0 Å². The molecule has 1 aromatic carbocycles. The average Bonchev–Trinajstić information content (AvgIpc) is 3.29. The molecule has 7 heteroatoms. The summed E-state index contributed by atoms with van der Waals surface area (Å²) in [5, 5.41) is 14.1. The fourth-order valence-electron chi connectivity index (χ4n) is 3.61. The Balaban J connectivity index is 1.85. The zero-order valence-corrected chi connectivity index (χ0v) is 16.1. The Morgan fingerprint density at radius 1 is 1.30 bits per heavy atom. The Labute approximate surface area is 158 Å². The predicted octanol–water partition coefficient (Wildman–Crippen LogP) is 2.76. The Morgan fingerprint density at radius 3 is 2.63 bits per heavy atom. The molecule has 0 bridgehead atoms. The van der Waals surface area contributed by atoms with Crippen LogP contribution >= 0.6 is 0 Å². The first kappa shape index (κ1) is 18.9. The molecule has 2 heterocycles. The lowest BCUT2D eigenvalue weighted by atomic mass is 9.76. The molecule has 144 valence electrons. The number of rotatable bonds is 5. The smallest absolute Gasteiger partial charge is 0.311 e. The molecule has 0 radical (unpaired) electrons. The number of aliphatic carboxylic acids is 1. The van der Waals surface area contributed by atoms with Crippen molar-refractivity contribution in [1.82, 2.24) is 14.7 Å². The summed E-state index contributed by atoms with van der Waals surface area (Å²) in [5.74, 6) is -0.484. The highest BCUT2D eigenvalue weighted by molar-refractivity contribution is 5.93. The Hall–Kier alpha value is -2.83. The number of carboxylic acids is 1. The van der Waals surface area contributed by atoms with E-state index in [1.165, 1.54) is 0 Å². The van der Waals surface area contributed by atoms with Gasteiger partial charge in [-0.25, -0.2) is 4.68 Å². The molecule has 1 saturated heterocycles. The summed E-state index contributed by atoms with van der Waals surface area (Å²) >= 11 is 0. The lowest BCUT2D eigenvalue weighted by Gasteiger charge is -2.28. The largest absolute Gasteiger partial charge is 0.494 e. The van der Waals surface area contributed by atoms with Gasteiger partial charge in [-0.1, -0.05) is 19.9 Å². The van der Waals surface area contributed by atoms with E-state index in [-0.39, 0.29) is 18.4 Å². The molecule has 7 nitrogen and oxygen atoms in total. The Bertz CT molecular complexity index is 874. The summed E-state index contributed by atoms with van der Waals surface area (Å²) in [7, 11) is 1.59. The van der Waals surface area contributed by atoms with Crippen molar-refractivity contribution in [3.05, 3.63) is 41.7 Å². The fraction of sp³-hybridized carbons (Fsp3) is 0.450. The van der Waals surface area contributed by atoms with Gasteiger partial charge in [0.25, 0.3) is 5.91 Å². The number of methoxy groups -OCH3 is 1. The van der Waals surface area contributed by atoms with Crippen LogP contribution in [0, 0.1) is 18.3 Å². The third-order valence-corrected chi connectivity index (χ3v) is 5.51. The zero-order chi connectivity index (χ0) is 19.8. The average molecular weight is 371 g/mol. The van der Waals surface area contributed by atoms with E-state index < -0.39 is 11.4 Å². The van der Waals surface area contributed by atoms with Crippen molar-refractivity contribution in [2.24, 2.45) is 11.3 Å². The van der Waals surface area contributed by atoms with E-state index in [4.69, 9.17) is 4.74 Å². The van der Waals surface area contributed by atoms with Crippen molar-refractivity contribution in [3.63, 3.8) is 0 Å². The first-order valence-corrected chi connectivity index (χ1v) is 9.02. The van der Waals surface area contributed by atoms with Crippen LogP contribution in [0.1, 0.15) is 36.3 Å². The fourth-order valence-corrected chi connectivity index (χ4v) is 3.61. The number of ether oxygens (including phenoxy) is 1. The van der Waals surface area contributed by atoms with Crippen LogP contribution in [0.2, 0.25) is 0 Å². The summed E-state index contributed by atoms with van der Waals surface area (Å²) in [4.78, 5) is 26.3. The predicted molar refractivity (Wildman–Crippen MR) is 100 cm³/mol. The van der Waals surface area contributed by atoms with E-state index in [9.17, 15) is 14.7 Å². The summed E-state index contributed by atoms with van der Waals surface area (Å²) in [6.45, 7) is 6.38. The Morgan fingerprint density at radius 2 is 2.04 bits per heavy atom. The topological polar surface area (TPSA) is 84.7 Å². The number of aromatic nitrogens is 2. The quantitative estimate of drug-likeness (QED) is 0.874. The molecule has 2 aromatic rings. The van der Waals surface area contributed by atoms with E-state index in [1.807, 2.05) is 39.0 Å². The van der Waals surface area contributed by atoms with Crippen LogP contribution < -0.4 is 4.74 Å². The number of carbonyl (C=O) groups excluding carboxylic acids is 1. The maximum atomic E-state index is 12.9. The molecule has 3 rings (SSSR count). The van der Waals surface area contributed by atoms with Gasteiger partial charge in [0.1, 0.15) is 11.4 Å².